The zero-order valence-corrected chi connectivity index (χ0v) is 15.1. The number of nitrogens with one attached hydrogen (secondary N) is 2. The van der Waals surface area contributed by atoms with E-state index >= 15 is 0 Å². The van der Waals surface area contributed by atoms with Crippen LogP contribution in [0.25, 0.3) is 21.6 Å². The summed E-state index contributed by atoms with van der Waals surface area (Å²) in [5.74, 6) is 0.323. The molecule has 1 amide bonds. The fourth-order valence-corrected chi connectivity index (χ4v) is 3.58. The third kappa shape index (κ3) is 3.50. The molecule has 0 saturated carbocycles. The van der Waals surface area contributed by atoms with Gasteiger partial charge < -0.3 is 4.98 Å². The lowest BCUT2D eigenvalue weighted by Gasteiger charge is -2.00. The number of benzene rings is 2. The number of aromatic nitrogens is 3. The largest absolute Gasteiger partial charge is 0.324 e. The van der Waals surface area contributed by atoms with Crippen molar-refractivity contribution in [2.45, 2.75) is 19.8 Å². The number of hydrogen-bond acceptors (Lipinski definition) is 4. The lowest BCUT2D eigenvalue weighted by molar-refractivity contribution is -0.115. The van der Waals surface area contributed by atoms with Crippen LogP contribution < -0.4 is 5.32 Å². The third-order valence-electron chi connectivity index (χ3n) is 4.15. The molecule has 6 heteroatoms. The molecule has 130 valence electrons. The van der Waals surface area contributed by atoms with Crippen LogP contribution in [0.3, 0.4) is 0 Å². The molecule has 0 aliphatic carbocycles. The summed E-state index contributed by atoms with van der Waals surface area (Å²) in [6.07, 6.45) is 1.24. The van der Waals surface area contributed by atoms with Crippen molar-refractivity contribution in [3.05, 3.63) is 65.2 Å². The van der Waals surface area contributed by atoms with E-state index in [1.54, 1.807) is 11.3 Å². The molecular formula is C20H18N4OS. The van der Waals surface area contributed by atoms with Gasteiger partial charge in [-0.05, 0) is 24.1 Å². The van der Waals surface area contributed by atoms with Crippen LogP contribution in [0.2, 0.25) is 0 Å². The number of fused-ring (bicyclic) bond motifs is 1. The normalized spacial score (nSPS) is 11.0. The van der Waals surface area contributed by atoms with Crippen molar-refractivity contribution in [1.29, 1.82) is 0 Å². The predicted octanol–water partition coefficient (Wildman–Crippen LogP) is 4.43. The van der Waals surface area contributed by atoms with Gasteiger partial charge in [0, 0.05) is 10.9 Å². The SMILES string of the molecule is CCc1ccc(-c2nc(CC(=O)Nc3nc4ccccc4[nH]3)cs2)cc1. The Morgan fingerprint density at radius 3 is 2.69 bits per heavy atom. The summed E-state index contributed by atoms with van der Waals surface area (Å²) in [6, 6.07) is 16.1. The summed E-state index contributed by atoms with van der Waals surface area (Å²) < 4.78 is 0. The second-order valence-electron chi connectivity index (χ2n) is 6.02. The molecule has 2 N–H and O–H groups in total. The van der Waals surface area contributed by atoms with Crippen molar-refractivity contribution in [2.75, 3.05) is 5.32 Å². The number of aromatic amines is 1. The summed E-state index contributed by atoms with van der Waals surface area (Å²) in [4.78, 5) is 24.3. The number of aryl methyl sites for hydroxylation is 1. The highest BCUT2D eigenvalue weighted by atomic mass is 32.1. The monoisotopic (exact) mass is 362 g/mol. The van der Waals surface area contributed by atoms with E-state index in [0.29, 0.717) is 5.95 Å². The van der Waals surface area contributed by atoms with Crippen LogP contribution in [-0.4, -0.2) is 20.9 Å². The van der Waals surface area contributed by atoms with Crippen molar-refractivity contribution in [3.8, 4) is 10.6 Å². The molecule has 0 unspecified atom stereocenters. The Hall–Kier alpha value is -2.99. The van der Waals surface area contributed by atoms with Gasteiger partial charge in [0.15, 0.2) is 0 Å². The van der Waals surface area contributed by atoms with Crippen molar-refractivity contribution in [2.24, 2.45) is 0 Å². The number of rotatable bonds is 5. The third-order valence-corrected chi connectivity index (χ3v) is 5.09. The van der Waals surface area contributed by atoms with E-state index in [1.165, 1.54) is 5.56 Å². The minimum atomic E-state index is -0.137. The maximum atomic E-state index is 12.3. The number of H-pyrrole nitrogens is 1. The predicted molar refractivity (Wildman–Crippen MR) is 105 cm³/mol. The molecule has 0 bridgehead atoms. The Bertz CT molecular complexity index is 1020. The maximum Gasteiger partial charge on any atom is 0.232 e. The smallest absolute Gasteiger partial charge is 0.232 e. The van der Waals surface area contributed by atoms with Gasteiger partial charge in [0.05, 0.1) is 23.1 Å². The Morgan fingerprint density at radius 2 is 1.92 bits per heavy atom. The van der Waals surface area contributed by atoms with Crippen molar-refractivity contribution < 1.29 is 4.79 Å². The van der Waals surface area contributed by atoms with Crippen molar-refractivity contribution >= 4 is 34.2 Å². The van der Waals surface area contributed by atoms with Gasteiger partial charge in [-0.1, -0.05) is 43.3 Å². The standard InChI is InChI=1S/C20H18N4OS/c1-2-13-7-9-14(10-8-13)19-21-15(12-26-19)11-18(25)24-20-22-16-5-3-4-6-17(16)23-20/h3-10,12H,2,11H2,1H3,(H2,22,23,24,25). The van der Waals surface area contributed by atoms with Crippen LogP contribution in [0.1, 0.15) is 18.2 Å². The molecular weight excluding hydrogens is 344 g/mol. The maximum absolute atomic E-state index is 12.3. The lowest BCUT2D eigenvalue weighted by atomic mass is 10.1. The van der Waals surface area contributed by atoms with Gasteiger partial charge in [-0.15, -0.1) is 11.3 Å². The lowest BCUT2D eigenvalue weighted by Crippen LogP contribution is -2.15. The van der Waals surface area contributed by atoms with Gasteiger partial charge in [0.1, 0.15) is 5.01 Å². The molecule has 2 heterocycles. The highest BCUT2D eigenvalue weighted by Crippen LogP contribution is 2.24. The van der Waals surface area contributed by atoms with Crippen LogP contribution in [-0.2, 0) is 17.6 Å². The topological polar surface area (TPSA) is 70.7 Å². The van der Waals surface area contributed by atoms with E-state index in [1.807, 2.05) is 29.6 Å². The molecule has 0 saturated heterocycles. The van der Waals surface area contributed by atoms with Crippen molar-refractivity contribution in [1.82, 2.24) is 15.0 Å². The average molecular weight is 362 g/mol. The summed E-state index contributed by atoms with van der Waals surface area (Å²) in [6.45, 7) is 2.14. The van der Waals surface area contributed by atoms with Crippen LogP contribution in [0.15, 0.2) is 53.9 Å². The van der Waals surface area contributed by atoms with Gasteiger partial charge in [-0.25, -0.2) is 9.97 Å². The number of nitrogens with zero attached hydrogens (tertiary/aromatic N) is 2. The van der Waals surface area contributed by atoms with E-state index in [-0.39, 0.29) is 12.3 Å². The summed E-state index contributed by atoms with van der Waals surface area (Å²) >= 11 is 1.55. The van der Waals surface area contributed by atoms with Gasteiger partial charge in [-0.2, -0.15) is 0 Å². The average Bonchev–Trinajstić information content (AvgIpc) is 3.28. The number of hydrogen-bond donors (Lipinski definition) is 2. The van der Waals surface area contributed by atoms with Crippen molar-refractivity contribution in [3.63, 3.8) is 0 Å². The van der Waals surface area contributed by atoms with Crippen LogP contribution in [0.4, 0.5) is 5.95 Å². The molecule has 0 aliphatic heterocycles. The Balaban J connectivity index is 1.43. The fourth-order valence-electron chi connectivity index (χ4n) is 2.76. The zero-order chi connectivity index (χ0) is 17.9. The first-order valence-corrected chi connectivity index (χ1v) is 9.37. The first-order valence-electron chi connectivity index (χ1n) is 8.49. The van der Waals surface area contributed by atoms with Crippen LogP contribution in [0, 0.1) is 0 Å². The minimum absolute atomic E-state index is 0.137. The van der Waals surface area contributed by atoms with E-state index in [9.17, 15) is 4.79 Å². The van der Waals surface area contributed by atoms with Crippen LogP contribution in [0.5, 0.6) is 0 Å². The van der Waals surface area contributed by atoms with Crippen LogP contribution >= 0.6 is 11.3 Å². The minimum Gasteiger partial charge on any atom is -0.324 e. The fraction of sp³-hybridized carbons (Fsp3) is 0.150. The zero-order valence-electron chi connectivity index (χ0n) is 14.3. The number of amides is 1. The second kappa shape index (κ2) is 7.09. The molecule has 26 heavy (non-hydrogen) atoms. The Kier molecular flexibility index (Phi) is 4.50. The van der Waals surface area contributed by atoms with Gasteiger partial charge in [0.2, 0.25) is 11.9 Å². The number of anilines is 1. The summed E-state index contributed by atoms with van der Waals surface area (Å²) in [7, 11) is 0. The first kappa shape index (κ1) is 16.5. The number of imidazole rings is 1. The molecule has 2 aromatic carbocycles. The van der Waals surface area contributed by atoms with E-state index in [4.69, 9.17) is 0 Å². The number of carbonyl (C=O) groups excluding carboxylic acids is 1. The quantitative estimate of drug-likeness (QED) is 0.552. The molecule has 0 atom stereocenters. The van der Waals surface area contributed by atoms with E-state index in [0.717, 1.165) is 33.7 Å². The van der Waals surface area contributed by atoms with E-state index in [2.05, 4.69) is 51.5 Å². The summed E-state index contributed by atoms with van der Waals surface area (Å²) in [5, 5.41) is 5.66. The van der Waals surface area contributed by atoms with Gasteiger partial charge in [0.25, 0.3) is 0 Å². The number of carbonyl (C=O) groups is 1. The Morgan fingerprint density at radius 1 is 1.12 bits per heavy atom. The number of para-hydroxylation sites is 2. The van der Waals surface area contributed by atoms with Gasteiger partial charge in [-0.3, -0.25) is 10.1 Å². The molecule has 0 aliphatic rings. The highest BCUT2D eigenvalue weighted by molar-refractivity contribution is 7.13. The van der Waals surface area contributed by atoms with Gasteiger partial charge >= 0.3 is 0 Å². The molecule has 0 radical (unpaired) electrons. The Labute approximate surface area is 155 Å². The highest BCUT2D eigenvalue weighted by Gasteiger charge is 2.11. The van der Waals surface area contributed by atoms with E-state index < -0.39 is 0 Å². The summed E-state index contributed by atoms with van der Waals surface area (Å²) in [5.41, 5.74) is 4.87. The molecule has 0 fully saturated rings. The second-order valence-corrected chi connectivity index (χ2v) is 6.88. The molecule has 4 aromatic rings. The molecule has 4 rings (SSSR count). The molecule has 5 nitrogen and oxygen atoms in total. The molecule has 0 spiro atoms. The number of thiazole rings is 1. The molecule has 2 aromatic heterocycles. The first-order chi connectivity index (χ1) is 12.7.